The van der Waals surface area contributed by atoms with E-state index in [9.17, 15) is 0 Å². The minimum absolute atomic E-state index is 0. The van der Waals surface area contributed by atoms with Crippen molar-refractivity contribution in [3.05, 3.63) is 0 Å². The first-order chi connectivity index (χ1) is 6.23. The van der Waals surface area contributed by atoms with Gasteiger partial charge < -0.3 is 0 Å². The largest absolute Gasteiger partial charge is 0.0924 e. The molecule has 0 amide bonds. The molecule has 0 nitrogen and oxygen atoms in total. The maximum absolute atomic E-state index is 2.45. The zero-order valence-corrected chi connectivity index (χ0v) is 13.2. The van der Waals surface area contributed by atoms with Crippen molar-refractivity contribution in [2.24, 2.45) is 0 Å². The van der Waals surface area contributed by atoms with Crippen LogP contribution in [0.3, 0.4) is 0 Å². The van der Waals surface area contributed by atoms with Gasteiger partial charge in [0, 0.05) is 17.1 Å². The van der Waals surface area contributed by atoms with Crippen molar-refractivity contribution in [2.45, 2.75) is 83.2 Å². The fourth-order valence-electron chi connectivity index (χ4n) is 3.26. The van der Waals surface area contributed by atoms with E-state index in [1.807, 2.05) is 0 Å². The van der Waals surface area contributed by atoms with Gasteiger partial charge in [-0.05, 0) is 28.8 Å². The number of hydrogen-bond donors (Lipinski definition) is 0. The minimum Gasteiger partial charge on any atom is -0.0924 e. The van der Waals surface area contributed by atoms with Gasteiger partial charge in [0.15, 0.2) is 0 Å². The van der Waals surface area contributed by atoms with Crippen LogP contribution < -0.4 is 0 Å². The summed E-state index contributed by atoms with van der Waals surface area (Å²) in [6, 6.07) is 0. The fourth-order valence-corrected chi connectivity index (χ4v) is 8.35. The Bertz CT molecular complexity index is 168. The van der Waals surface area contributed by atoms with E-state index in [-0.39, 0.29) is 25.0 Å². The average Bonchev–Trinajstić information content (AvgIpc) is 2.31. The zero-order chi connectivity index (χ0) is 11.0. The smallest absolute Gasteiger partial charge is 0 e. The van der Waals surface area contributed by atoms with E-state index in [0.29, 0.717) is 10.3 Å². The van der Waals surface area contributed by atoms with Gasteiger partial charge in [0.2, 0.25) is 0 Å². The second-order valence-electron chi connectivity index (χ2n) is 6.65. The van der Waals surface area contributed by atoms with Gasteiger partial charge in [0.25, 0.3) is 0 Å². The van der Waals surface area contributed by atoms with E-state index in [1.165, 1.54) is 25.7 Å². The van der Waals surface area contributed by atoms with Crippen molar-refractivity contribution < 1.29 is 17.1 Å². The fraction of sp³-hybridized carbons (Fsp3) is 1.00. The van der Waals surface area contributed by atoms with Crippen LogP contribution in [0, 0.1) is 0 Å². The predicted octanol–water partition coefficient (Wildman–Crippen LogP) is 5.01. The van der Waals surface area contributed by atoms with Gasteiger partial charge in [-0.3, -0.25) is 0 Å². The quantitative estimate of drug-likeness (QED) is 0.464. The van der Waals surface area contributed by atoms with Crippen molar-refractivity contribution in [3.63, 3.8) is 0 Å². The molecule has 0 atom stereocenters. The Morgan fingerprint density at radius 2 is 1.13 bits per heavy atom. The van der Waals surface area contributed by atoms with E-state index in [2.05, 4.69) is 41.5 Å². The van der Waals surface area contributed by atoms with Crippen LogP contribution in [0.5, 0.6) is 0 Å². The van der Waals surface area contributed by atoms with Crippen molar-refractivity contribution in [1.29, 1.82) is 0 Å². The predicted molar refractivity (Wildman–Crippen MR) is 68.7 cm³/mol. The van der Waals surface area contributed by atoms with Crippen LogP contribution in [0.15, 0.2) is 0 Å². The molecule has 0 spiro atoms. The van der Waals surface area contributed by atoms with Gasteiger partial charge in [-0.1, -0.05) is 62.3 Å². The molecule has 2 heteroatoms. The molecule has 0 saturated heterocycles. The summed E-state index contributed by atoms with van der Waals surface area (Å²) in [6.07, 6.45) is 5.96. The summed E-state index contributed by atoms with van der Waals surface area (Å²) >= 11 is 0. The SMILES string of the molecule is CC(C)(C)P(C1CCCC1)C(C)(C)C.[Fe]. The van der Waals surface area contributed by atoms with Gasteiger partial charge in [-0.25, -0.2) is 0 Å². The molecule has 0 aromatic rings. The Balaban J connectivity index is 0.00000196. The summed E-state index contributed by atoms with van der Waals surface area (Å²) < 4.78 is 0. The third kappa shape index (κ3) is 4.37. The molecule has 1 rings (SSSR count). The summed E-state index contributed by atoms with van der Waals surface area (Å²) in [7, 11) is 0.156. The molecule has 15 heavy (non-hydrogen) atoms. The maximum Gasteiger partial charge on any atom is 0 e. The Morgan fingerprint density at radius 3 is 1.40 bits per heavy atom. The van der Waals surface area contributed by atoms with Crippen LogP contribution in [-0.4, -0.2) is 16.0 Å². The first kappa shape index (κ1) is 15.9. The van der Waals surface area contributed by atoms with Crippen molar-refractivity contribution in [3.8, 4) is 0 Å². The van der Waals surface area contributed by atoms with E-state index in [1.54, 1.807) is 0 Å². The standard InChI is InChI=1S/C13H27P.Fe/c1-12(2,3)14(13(4,5)6)11-9-7-8-10-11;/h11H,7-10H2,1-6H3;. The van der Waals surface area contributed by atoms with Crippen LogP contribution in [0.1, 0.15) is 67.2 Å². The summed E-state index contributed by atoms with van der Waals surface area (Å²) in [6.45, 7) is 14.7. The van der Waals surface area contributed by atoms with E-state index >= 15 is 0 Å². The molecule has 0 heterocycles. The van der Waals surface area contributed by atoms with Crippen LogP contribution in [0.25, 0.3) is 0 Å². The second kappa shape index (κ2) is 5.52. The Hall–Kier alpha value is 0.949. The van der Waals surface area contributed by atoms with Gasteiger partial charge in [0.1, 0.15) is 0 Å². The molecule has 0 aliphatic heterocycles. The van der Waals surface area contributed by atoms with Crippen LogP contribution in [-0.2, 0) is 17.1 Å². The summed E-state index contributed by atoms with van der Waals surface area (Å²) in [5.41, 5.74) is 1.05. The summed E-state index contributed by atoms with van der Waals surface area (Å²) in [5, 5.41) is 1.06. The zero-order valence-electron chi connectivity index (χ0n) is 11.2. The third-order valence-electron chi connectivity index (χ3n) is 3.14. The topological polar surface area (TPSA) is 0 Å². The first-order valence-electron chi connectivity index (χ1n) is 6.02. The molecule has 0 bridgehead atoms. The van der Waals surface area contributed by atoms with Gasteiger partial charge in [-0.15, -0.1) is 0 Å². The van der Waals surface area contributed by atoms with Crippen molar-refractivity contribution in [2.75, 3.05) is 0 Å². The molecule has 1 saturated carbocycles. The number of rotatable bonds is 1. The normalized spacial score (nSPS) is 19.4. The minimum atomic E-state index is 0. The summed E-state index contributed by atoms with van der Waals surface area (Å²) in [5.74, 6) is 0. The Labute approximate surface area is 108 Å². The van der Waals surface area contributed by atoms with Crippen LogP contribution >= 0.6 is 7.92 Å². The molecule has 0 unspecified atom stereocenters. The second-order valence-corrected chi connectivity index (χ2v) is 10.8. The summed E-state index contributed by atoms with van der Waals surface area (Å²) in [4.78, 5) is 0. The van der Waals surface area contributed by atoms with Gasteiger partial charge in [-0.2, -0.15) is 0 Å². The van der Waals surface area contributed by atoms with Crippen LogP contribution in [0.4, 0.5) is 0 Å². The monoisotopic (exact) mass is 270 g/mol. The molecule has 0 radical (unpaired) electrons. The molecule has 0 N–H and O–H groups in total. The number of hydrogen-bond acceptors (Lipinski definition) is 0. The van der Waals surface area contributed by atoms with Crippen LogP contribution in [0.2, 0.25) is 0 Å². The molecule has 0 aromatic heterocycles. The molecular weight excluding hydrogens is 243 g/mol. The van der Waals surface area contributed by atoms with Crippen molar-refractivity contribution in [1.82, 2.24) is 0 Å². The van der Waals surface area contributed by atoms with Gasteiger partial charge >= 0.3 is 0 Å². The van der Waals surface area contributed by atoms with Gasteiger partial charge in [0.05, 0.1) is 0 Å². The molecule has 0 aromatic carbocycles. The Kier molecular flexibility index (Phi) is 5.87. The van der Waals surface area contributed by atoms with E-state index < -0.39 is 0 Å². The van der Waals surface area contributed by atoms with Crippen molar-refractivity contribution >= 4 is 7.92 Å². The van der Waals surface area contributed by atoms with E-state index in [0.717, 1.165) is 5.66 Å². The molecule has 92 valence electrons. The maximum atomic E-state index is 2.45. The molecular formula is C13H27FeP. The molecule has 1 aliphatic carbocycles. The molecule has 1 aliphatic rings. The Morgan fingerprint density at radius 1 is 0.800 bits per heavy atom. The first-order valence-corrected chi connectivity index (χ1v) is 7.43. The van der Waals surface area contributed by atoms with E-state index in [4.69, 9.17) is 0 Å². The molecule has 1 fully saturated rings. The average molecular weight is 270 g/mol. The third-order valence-corrected chi connectivity index (χ3v) is 7.27.